The van der Waals surface area contributed by atoms with Gasteiger partial charge in [0.25, 0.3) is 0 Å². The second-order valence-electron chi connectivity index (χ2n) is 3.65. The van der Waals surface area contributed by atoms with Gasteiger partial charge in [0.05, 0.1) is 5.69 Å². The first-order valence-corrected chi connectivity index (χ1v) is 4.69. The SMILES string of the molecule is Cc1cc(-c2n[nH]c(C3CC3)n2)on1. The van der Waals surface area contributed by atoms with Crippen LogP contribution < -0.4 is 0 Å². The lowest BCUT2D eigenvalue weighted by molar-refractivity contribution is 0.424. The highest BCUT2D eigenvalue weighted by Gasteiger charge is 2.27. The van der Waals surface area contributed by atoms with Crippen LogP contribution in [0.1, 0.15) is 30.3 Å². The van der Waals surface area contributed by atoms with Crippen molar-refractivity contribution in [3.63, 3.8) is 0 Å². The molecule has 1 fully saturated rings. The van der Waals surface area contributed by atoms with Gasteiger partial charge < -0.3 is 4.52 Å². The summed E-state index contributed by atoms with van der Waals surface area (Å²) in [6, 6.07) is 1.83. The summed E-state index contributed by atoms with van der Waals surface area (Å²) in [4.78, 5) is 4.36. The molecule has 1 saturated carbocycles. The number of hydrogen-bond acceptors (Lipinski definition) is 4. The summed E-state index contributed by atoms with van der Waals surface area (Å²) in [5.74, 6) is 2.78. The molecule has 0 aromatic carbocycles. The minimum Gasteiger partial charge on any atom is -0.353 e. The molecule has 5 heteroatoms. The Morgan fingerprint density at radius 1 is 1.50 bits per heavy atom. The van der Waals surface area contributed by atoms with Crippen molar-refractivity contribution in [2.45, 2.75) is 25.7 Å². The minimum atomic E-state index is 0.584. The van der Waals surface area contributed by atoms with Gasteiger partial charge in [-0.25, -0.2) is 4.98 Å². The average Bonchev–Trinajstić information content (AvgIpc) is 2.76. The van der Waals surface area contributed by atoms with Crippen LogP contribution in [0.4, 0.5) is 0 Å². The van der Waals surface area contributed by atoms with E-state index in [1.165, 1.54) is 12.8 Å². The van der Waals surface area contributed by atoms with Crippen molar-refractivity contribution < 1.29 is 4.52 Å². The largest absolute Gasteiger partial charge is 0.353 e. The molecular weight excluding hydrogens is 180 g/mol. The molecule has 0 saturated heterocycles. The molecule has 0 radical (unpaired) electrons. The Balaban J connectivity index is 1.95. The van der Waals surface area contributed by atoms with E-state index in [-0.39, 0.29) is 0 Å². The molecule has 0 bridgehead atoms. The smallest absolute Gasteiger partial charge is 0.219 e. The molecule has 14 heavy (non-hydrogen) atoms. The van der Waals surface area contributed by atoms with Crippen LogP contribution >= 0.6 is 0 Å². The lowest BCUT2D eigenvalue weighted by atomic mass is 10.3. The van der Waals surface area contributed by atoms with Crippen LogP contribution in [-0.2, 0) is 0 Å². The maximum Gasteiger partial charge on any atom is 0.219 e. The van der Waals surface area contributed by atoms with E-state index in [1.54, 1.807) is 0 Å². The normalized spacial score (nSPS) is 16.1. The fourth-order valence-corrected chi connectivity index (χ4v) is 1.39. The molecule has 5 nitrogen and oxygen atoms in total. The molecule has 1 aliphatic carbocycles. The molecule has 72 valence electrons. The lowest BCUT2D eigenvalue weighted by Gasteiger charge is -1.83. The Kier molecular flexibility index (Phi) is 1.47. The van der Waals surface area contributed by atoms with Gasteiger partial charge in [0, 0.05) is 12.0 Å². The third-order valence-electron chi connectivity index (χ3n) is 2.32. The third-order valence-corrected chi connectivity index (χ3v) is 2.32. The second kappa shape index (κ2) is 2.67. The molecule has 3 rings (SSSR count). The van der Waals surface area contributed by atoms with Crippen molar-refractivity contribution in [3.8, 4) is 11.6 Å². The number of hydrogen-bond donors (Lipinski definition) is 1. The fourth-order valence-electron chi connectivity index (χ4n) is 1.39. The van der Waals surface area contributed by atoms with E-state index in [4.69, 9.17) is 4.52 Å². The van der Waals surface area contributed by atoms with Gasteiger partial charge in [0.2, 0.25) is 11.6 Å². The van der Waals surface area contributed by atoms with Crippen molar-refractivity contribution >= 4 is 0 Å². The molecule has 1 N–H and O–H groups in total. The highest BCUT2D eigenvalue weighted by atomic mass is 16.5. The zero-order chi connectivity index (χ0) is 9.54. The van der Waals surface area contributed by atoms with Crippen LogP contribution in [-0.4, -0.2) is 20.3 Å². The molecule has 2 aromatic heterocycles. The van der Waals surface area contributed by atoms with Crippen LogP contribution in [0.25, 0.3) is 11.6 Å². The predicted molar refractivity (Wildman–Crippen MR) is 48.6 cm³/mol. The van der Waals surface area contributed by atoms with Crippen molar-refractivity contribution in [2.24, 2.45) is 0 Å². The predicted octanol–water partition coefficient (Wildman–Crippen LogP) is 1.65. The van der Waals surface area contributed by atoms with Crippen molar-refractivity contribution in [1.29, 1.82) is 0 Å². The van der Waals surface area contributed by atoms with E-state index in [9.17, 15) is 0 Å². The van der Waals surface area contributed by atoms with Gasteiger partial charge in [0.15, 0.2) is 0 Å². The summed E-state index contributed by atoms with van der Waals surface area (Å²) in [6.07, 6.45) is 2.42. The van der Waals surface area contributed by atoms with Crippen molar-refractivity contribution in [1.82, 2.24) is 20.3 Å². The van der Waals surface area contributed by atoms with Gasteiger partial charge in [-0.3, -0.25) is 5.10 Å². The molecule has 0 amide bonds. The Morgan fingerprint density at radius 2 is 2.36 bits per heavy atom. The molecule has 0 atom stereocenters. The van der Waals surface area contributed by atoms with Gasteiger partial charge in [0.1, 0.15) is 5.82 Å². The van der Waals surface area contributed by atoms with Crippen LogP contribution in [0, 0.1) is 6.92 Å². The first-order chi connectivity index (χ1) is 6.83. The highest BCUT2D eigenvalue weighted by molar-refractivity contribution is 5.46. The standard InChI is InChI=1S/C9H10N4O/c1-5-4-7(14-13-5)9-10-8(11-12-9)6-2-3-6/h4,6H,2-3H2,1H3,(H,10,11,12). The van der Waals surface area contributed by atoms with E-state index < -0.39 is 0 Å². The van der Waals surface area contributed by atoms with E-state index in [0.29, 0.717) is 17.5 Å². The first-order valence-electron chi connectivity index (χ1n) is 4.69. The number of aromatic nitrogens is 4. The molecule has 2 aromatic rings. The Bertz CT molecular complexity index is 455. The van der Waals surface area contributed by atoms with E-state index in [1.807, 2.05) is 13.0 Å². The number of aromatic amines is 1. The lowest BCUT2D eigenvalue weighted by Crippen LogP contribution is -1.80. The quantitative estimate of drug-likeness (QED) is 0.781. The molecule has 0 aliphatic heterocycles. The van der Waals surface area contributed by atoms with E-state index in [0.717, 1.165) is 11.5 Å². The Hall–Kier alpha value is -1.65. The van der Waals surface area contributed by atoms with Gasteiger partial charge in [-0.05, 0) is 19.8 Å². The summed E-state index contributed by atoms with van der Waals surface area (Å²) in [5.41, 5.74) is 0.845. The van der Waals surface area contributed by atoms with Crippen LogP contribution in [0.15, 0.2) is 10.6 Å². The second-order valence-corrected chi connectivity index (χ2v) is 3.65. The maximum absolute atomic E-state index is 5.07. The summed E-state index contributed by atoms with van der Waals surface area (Å²) < 4.78 is 5.07. The molecular formula is C9H10N4O. The van der Waals surface area contributed by atoms with E-state index in [2.05, 4.69) is 20.3 Å². The Morgan fingerprint density at radius 3 is 3.00 bits per heavy atom. The summed E-state index contributed by atoms with van der Waals surface area (Å²) >= 11 is 0. The Labute approximate surface area is 80.5 Å². The maximum atomic E-state index is 5.07. The molecule has 2 heterocycles. The summed E-state index contributed by atoms with van der Waals surface area (Å²) in [5, 5.41) is 10.8. The topological polar surface area (TPSA) is 67.6 Å². The third kappa shape index (κ3) is 1.21. The van der Waals surface area contributed by atoms with E-state index >= 15 is 0 Å². The van der Waals surface area contributed by atoms with Crippen LogP contribution in [0.2, 0.25) is 0 Å². The minimum absolute atomic E-state index is 0.584. The average molecular weight is 190 g/mol. The zero-order valence-electron chi connectivity index (χ0n) is 7.82. The number of aryl methyl sites for hydroxylation is 1. The van der Waals surface area contributed by atoms with Crippen LogP contribution in [0.3, 0.4) is 0 Å². The summed E-state index contributed by atoms with van der Waals surface area (Å²) in [6.45, 7) is 1.88. The first kappa shape index (κ1) is 7.73. The highest BCUT2D eigenvalue weighted by Crippen LogP contribution is 2.38. The monoisotopic (exact) mass is 190 g/mol. The molecule has 1 aliphatic rings. The fraction of sp³-hybridized carbons (Fsp3) is 0.444. The van der Waals surface area contributed by atoms with Gasteiger partial charge >= 0.3 is 0 Å². The van der Waals surface area contributed by atoms with Crippen LogP contribution in [0.5, 0.6) is 0 Å². The number of H-pyrrole nitrogens is 1. The van der Waals surface area contributed by atoms with Crippen molar-refractivity contribution in [2.75, 3.05) is 0 Å². The van der Waals surface area contributed by atoms with Crippen molar-refractivity contribution in [3.05, 3.63) is 17.6 Å². The number of nitrogens with one attached hydrogen (secondary N) is 1. The number of rotatable bonds is 2. The van der Waals surface area contributed by atoms with Gasteiger partial charge in [-0.15, -0.1) is 5.10 Å². The van der Waals surface area contributed by atoms with Gasteiger partial charge in [-0.1, -0.05) is 5.16 Å². The van der Waals surface area contributed by atoms with Gasteiger partial charge in [-0.2, -0.15) is 0 Å². The molecule has 0 spiro atoms. The zero-order valence-corrected chi connectivity index (χ0v) is 7.82. The number of nitrogens with zero attached hydrogens (tertiary/aromatic N) is 3. The summed E-state index contributed by atoms with van der Waals surface area (Å²) in [7, 11) is 0. The molecule has 0 unspecified atom stereocenters.